The van der Waals surface area contributed by atoms with Gasteiger partial charge >= 0.3 is 0 Å². The normalized spacial score (nSPS) is 15.9. The number of carbonyl (C=O) groups is 2. The second-order valence-electron chi connectivity index (χ2n) is 7.30. The van der Waals surface area contributed by atoms with Crippen molar-refractivity contribution in [1.29, 1.82) is 0 Å². The van der Waals surface area contributed by atoms with Crippen molar-refractivity contribution in [2.24, 2.45) is 0 Å². The lowest BCUT2D eigenvalue weighted by Gasteiger charge is -2.26. The second-order valence-corrected chi connectivity index (χ2v) is 7.30. The third-order valence-corrected chi connectivity index (χ3v) is 5.43. The van der Waals surface area contributed by atoms with Gasteiger partial charge < -0.3 is 15.2 Å². The smallest absolute Gasteiger partial charge is 0.255 e. The first-order valence-electron chi connectivity index (χ1n) is 9.85. The van der Waals surface area contributed by atoms with E-state index >= 15 is 0 Å². The van der Waals surface area contributed by atoms with E-state index in [9.17, 15) is 9.59 Å². The lowest BCUT2D eigenvalue weighted by atomic mass is 9.95. The van der Waals surface area contributed by atoms with Crippen molar-refractivity contribution in [2.75, 3.05) is 13.1 Å². The summed E-state index contributed by atoms with van der Waals surface area (Å²) in [6.45, 7) is 5.13. The van der Waals surface area contributed by atoms with Crippen LogP contribution in [0.5, 0.6) is 0 Å². The minimum Gasteiger partial charge on any atom is -0.358 e. The number of nitrogens with zero attached hydrogens (tertiary/aromatic N) is 1. The van der Waals surface area contributed by atoms with E-state index in [-0.39, 0.29) is 17.9 Å². The summed E-state index contributed by atoms with van der Waals surface area (Å²) in [6, 6.07) is 15.8. The van der Waals surface area contributed by atoms with Crippen molar-refractivity contribution in [3.63, 3.8) is 0 Å². The quantitative estimate of drug-likeness (QED) is 0.685. The van der Waals surface area contributed by atoms with Gasteiger partial charge in [0.25, 0.3) is 5.91 Å². The van der Waals surface area contributed by atoms with Crippen molar-refractivity contribution < 1.29 is 9.59 Å². The molecule has 4 rings (SSSR count). The molecule has 2 heterocycles. The van der Waals surface area contributed by atoms with Crippen LogP contribution in [0.1, 0.15) is 53.0 Å². The largest absolute Gasteiger partial charge is 0.358 e. The highest BCUT2D eigenvalue weighted by atomic mass is 16.2. The standard InChI is InChI=1S/C23H25N3O2/c1-3-13-24-20(27)12-14-26-22(16-8-4-5-9-17(16)23(26)28)21-15(2)25-19-11-7-6-10-18(19)21/h4-11,22,25H,3,12-14H2,1-2H3,(H,24,27)/t22-/m1/s1. The molecule has 144 valence electrons. The molecular formula is C23H25N3O2. The molecule has 0 spiro atoms. The zero-order chi connectivity index (χ0) is 19.7. The predicted molar refractivity (Wildman–Crippen MR) is 110 cm³/mol. The molecule has 2 aromatic carbocycles. The number of hydrogen-bond donors (Lipinski definition) is 2. The molecule has 0 saturated heterocycles. The summed E-state index contributed by atoms with van der Waals surface area (Å²) in [5.41, 5.74) is 4.96. The van der Waals surface area contributed by atoms with Crippen LogP contribution in [0.3, 0.4) is 0 Å². The van der Waals surface area contributed by atoms with Crippen LogP contribution in [0.2, 0.25) is 0 Å². The molecule has 0 unspecified atom stereocenters. The highest BCUT2D eigenvalue weighted by molar-refractivity contribution is 6.01. The van der Waals surface area contributed by atoms with Crippen LogP contribution in [0.4, 0.5) is 0 Å². The highest BCUT2D eigenvalue weighted by Crippen LogP contribution is 2.42. The van der Waals surface area contributed by atoms with E-state index in [4.69, 9.17) is 0 Å². The van der Waals surface area contributed by atoms with E-state index in [1.807, 2.05) is 55.1 Å². The number of aromatic amines is 1. The number of aromatic nitrogens is 1. The van der Waals surface area contributed by atoms with Crippen molar-refractivity contribution in [3.05, 3.63) is 70.9 Å². The molecule has 0 fully saturated rings. The van der Waals surface area contributed by atoms with Crippen LogP contribution in [-0.2, 0) is 4.79 Å². The first kappa shape index (κ1) is 18.3. The molecule has 0 bridgehead atoms. The van der Waals surface area contributed by atoms with Gasteiger partial charge in [0, 0.05) is 47.2 Å². The monoisotopic (exact) mass is 375 g/mol. The Balaban J connectivity index is 1.74. The van der Waals surface area contributed by atoms with Gasteiger partial charge in [-0.2, -0.15) is 0 Å². The Morgan fingerprint density at radius 3 is 2.71 bits per heavy atom. The molecule has 0 aliphatic carbocycles. The van der Waals surface area contributed by atoms with E-state index < -0.39 is 0 Å². The van der Waals surface area contributed by atoms with Crippen LogP contribution in [0.15, 0.2) is 48.5 Å². The lowest BCUT2D eigenvalue weighted by Crippen LogP contribution is -2.34. The summed E-state index contributed by atoms with van der Waals surface area (Å²) in [6.07, 6.45) is 1.20. The van der Waals surface area contributed by atoms with Gasteiger partial charge in [0.1, 0.15) is 0 Å². The number of rotatable bonds is 6. The molecular weight excluding hydrogens is 350 g/mol. The lowest BCUT2D eigenvalue weighted by molar-refractivity contribution is -0.121. The van der Waals surface area contributed by atoms with E-state index in [0.717, 1.165) is 39.7 Å². The summed E-state index contributed by atoms with van der Waals surface area (Å²) in [4.78, 5) is 30.6. The third kappa shape index (κ3) is 3.07. The number of carbonyl (C=O) groups excluding carboxylic acids is 2. The van der Waals surface area contributed by atoms with Crippen molar-refractivity contribution >= 4 is 22.7 Å². The highest BCUT2D eigenvalue weighted by Gasteiger charge is 2.39. The van der Waals surface area contributed by atoms with Gasteiger partial charge in [0.05, 0.1) is 6.04 Å². The van der Waals surface area contributed by atoms with Crippen LogP contribution in [0.25, 0.3) is 10.9 Å². The fourth-order valence-electron chi connectivity index (χ4n) is 4.14. The summed E-state index contributed by atoms with van der Waals surface area (Å²) < 4.78 is 0. The zero-order valence-corrected chi connectivity index (χ0v) is 16.3. The average molecular weight is 375 g/mol. The Morgan fingerprint density at radius 2 is 1.89 bits per heavy atom. The van der Waals surface area contributed by atoms with Gasteiger partial charge in [-0.1, -0.05) is 43.3 Å². The number of nitrogens with one attached hydrogen (secondary N) is 2. The molecule has 1 aliphatic heterocycles. The van der Waals surface area contributed by atoms with Crippen LogP contribution >= 0.6 is 0 Å². The Bertz CT molecular complexity index is 1040. The zero-order valence-electron chi connectivity index (χ0n) is 16.3. The van der Waals surface area contributed by atoms with Gasteiger partial charge in [0.2, 0.25) is 5.91 Å². The number of aryl methyl sites for hydroxylation is 1. The van der Waals surface area contributed by atoms with Crippen molar-refractivity contribution in [2.45, 2.75) is 32.7 Å². The van der Waals surface area contributed by atoms with E-state index in [0.29, 0.717) is 19.5 Å². The Labute approximate surface area is 164 Å². The minimum atomic E-state index is -0.182. The molecule has 0 radical (unpaired) electrons. The van der Waals surface area contributed by atoms with Gasteiger partial charge in [-0.25, -0.2) is 0 Å². The molecule has 1 aliphatic rings. The SMILES string of the molecule is CCCNC(=O)CCN1C(=O)c2ccccc2[C@@H]1c1c(C)[nH]c2ccccc12. The van der Waals surface area contributed by atoms with Gasteiger partial charge in [0.15, 0.2) is 0 Å². The fourth-order valence-corrected chi connectivity index (χ4v) is 4.14. The van der Waals surface area contributed by atoms with E-state index in [2.05, 4.69) is 22.4 Å². The number of benzene rings is 2. The molecule has 3 aromatic rings. The van der Waals surface area contributed by atoms with E-state index in [1.54, 1.807) is 0 Å². The summed E-state index contributed by atoms with van der Waals surface area (Å²) in [7, 11) is 0. The Morgan fingerprint density at radius 1 is 1.14 bits per heavy atom. The second kappa shape index (κ2) is 7.50. The number of H-pyrrole nitrogens is 1. The molecule has 5 nitrogen and oxygen atoms in total. The fraction of sp³-hybridized carbons (Fsp3) is 0.304. The number of para-hydroxylation sites is 1. The van der Waals surface area contributed by atoms with Crippen LogP contribution < -0.4 is 5.32 Å². The topological polar surface area (TPSA) is 65.2 Å². The minimum absolute atomic E-state index is 0.00595. The van der Waals surface area contributed by atoms with Gasteiger partial charge in [-0.05, 0) is 31.0 Å². The first-order chi connectivity index (χ1) is 13.6. The average Bonchev–Trinajstić information content (AvgIpc) is 3.18. The molecule has 0 saturated carbocycles. The first-order valence-corrected chi connectivity index (χ1v) is 9.85. The maximum absolute atomic E-state index is 13.2. The molecule has 28 heavy (non-hydrogen) atoms. The summed E-state index contributed by atoms with van der Waals surface area (Å²) >= 11 is 0. The molecule has 1 atom stereocenters. The Hall–Kier alpha value is -3.08. The van der Waals surface area contributed by atoms with Crippen molar-refractivity contribution in [1.82, 2.24) is 15.2 Å². The molecule has 1 aromatic heterocycles. The predicted octanol–water partition coefficient (Wildman–Crippen LogP) is 3.94. The van der Waals surface area contributed by atoms with Gasteiger partial charge in [-0.3, -0.25) is 9.59 Å². The molecule has 5 heteroatoms. The number of amides is 2. The molecule has 2 N–H and O–H groups in total. The van der Waals surface area contributed by atoms with Crippen LogP contribution in [-0.4, -0.2) is 34.8 Å². The van der Waals surface area contributed by atoms with E-state index in [1.165, 1.54) is 0 Å². The maximum atomic E-state index is 13.2. The Kier molecular flexibility index (Phi) is 4.90. The summed E-state index contributed by atoms with van der Waals surface area (Å²) in [5, 5.41) is 4.02. The van der Waals surface area contributed by atoms with Gasteiger partial charge in [-0.15, -0.1) is 0 Å². The summed E-state index contributed by atoms with van der Waals surface area (Å²) in [5.74, 6) is -0.0198. The third-order valence-electron chi connectivity index (χ3n) is 5.43. The van der Waals surface area contributed by atoms with Crippen LogP contribution in [0, 0.1) is 6.92 Å². The van der Waals surface area contributed by atoms with Crippen molar-refractivity contribution in [3.8, 4) is 0 Å². The number of hydrogen-bond acceptors (Lipinski definition) is 2. The maximum Gasteiger partial charge on any atom is 0.255 e. The molecule has 2 amide bonds. The number of fused-ring (bicyclic) bond motifs is 2.